The lowest BCUT2D eigenvalue weighted by Gasteiger charge is -2.36. The van der Waals surface area contributed by atoms with Crippen LogP contribution in [0.5, 0.6) is 0 Å². The second-order valence-electron chi connectivity index (χ2n) is 15.1. The number of sulfonamides is 1. The van der Waals surface area contributed by atoms with Gasteiger partial charge in [0.2, 0.25) is 5.60 Å². The highest BCUT2D eigenvalue weighted by Crippen LogP contribution is 2.41. The van der Waals surface area contributed by atoms with E-state index in [4.69, 9.17) is 19.2 Å². The van der Waals surface area contributed by atoms with E-state index in [-0.39, 0.29) is 61.1 Å². The molecule has 1 atom stereocenters. The van der Waals surface area contributed by atoms with Gasteiger partial charge in [-0.2, -0.15) is 5.06 Å². The Bertz CT molecular complexity index is 2500. The molecular formula is C40H42FN5O9S. The highest BCUT2D eigenvalue weighted by molar-refractivity contribution is 7.90. The van der Waals surface area contributed by atoms with Gasteiger partial charge in [0, 0.05) is 22.9 Å². The van der Waals surface area contributed by atoms with Gasteiger partial charge >= 0.3 is 11.9 Å². The van der Waals surface area contributed by atoms with Gasteiger partial charge in [-0.25, -0.2) is 27.4 Å². The average molecular weight is 788 g/mol. The molecule has 2 N–H and O–H groups in total. The van der Waals surface area contributed by atoms with Crippen LogP contribution in [0.4, 0.5) is 4.39 Å². The molecule has 5 heterocycles. The molecule has 294 valence electrons. The molecule has 16 heteroatoms. The number of fused-ring (bicyclic) bond motifs is 5. The molecule has 0 amide bonds. The van der Waals surface area contributed by atoms with Gasteiger partial charge in [-0.05, 0) is 82.2 Å². The van der Waals surface area contributed by atoms with Gasteiger partial charge in [-0.15, -0.1) is 0 Å². The molecule has 0 aliphatic carbocycles. The standard InChI is InChI=1S/C40H42FN5O9S/c1-6-40(30-18-32-35-25(17-24-9-7-8-10-31(24)43-35)21-45(32)36(48)29(30)23-54-37(40)49)55-34(47)20-42-33(44-56(51,52)28-13-11-27(41)12-14-28)15-16-53-22-26-19-38(2,3)46(50)39(26,4)5/h7-14,17-19,50H,6,15-16,20-23H2,1-5H3,(H,42,44)/t40-/m0/s1. The molecule has 0 spiro atoms. The number of halogens is 1. The van der Waals surface area contributed by atoms with Crippen LogP contribution in [0.15, 0.2) is 87.0 Å². The number of rotatable bonds is 11. The molecule has 0 bridgehead atoms. The van der Waals surface area contributed by atoms with E-state index in [2.05, 4.69) is 9.71 Å². The van der Waals surface area contributed by atoms with Crippen LogP contribution in [-0.4, -0.2) is 76.8 Å². The maximum Gasteiger partial charge on any atom is 0.355 e. The zero-order valence-electron chi connectivity index (χ0n) is 31.6. The summed E-state index contributed by atoms with van der Waals surface area (Å²) < 4.78 is 61.4. The number of carbonyl (C=O) groups is 2. The number of cyclic esters (lactones) is 1. The average Bonchev–Trinajstić information content (AvgIpc) is 3.59. The number of nitrogens with zero attached hydrogens (tertiary/aromatic N) is 4. The Morgan fingerprint density at radius 1 is 1.09 bits per heavy atom. The predicted molar refractivity (Wildman–Crippen MR) is 203 cm³/mol. The van der Waals surface area contributed by atoms with Gasteiger partial charge in [-0.1, -0.05) is 31.2 Å². The Labute approximate surface area is 322 Å². The summed E-state index contributed by atoms with van der Waals surface area (Å²) in [6, 6.07) is 15.4. The zero-order chi connectivity index (χ0) is 40.2. The SMILES string of the molecule is CC[C@@]1(OC(=O)CN=C(CCOCC2=CC(C)(C)N(O)C2(C)C)NS(=O)(=O)c2ccc(F)cc2)C(=O)OCc2c1cc1n(c2=O)Cc2cc3ccccc3nc2-1. The summed E-state index contributed by atoms with van der Waals surface area (Å²) in [6.45, 7) is 8.32. The van der Waals surface area contributed by atoms with Gasteiger partial charge in [0.1, 0.15) is 24.8 Å². The molecular weight excluding hydrogens is 746 g/mol. The normalized spacial score (nSPS) is 19.9. The van der Waals surface area contributed by atoms with Crippen LogP contribution < -0.4 is 10.3 Å². The van der Waals surface area contributed by atoms with Crippen molar-refractivity contribution in [1.29, 1.82) is 0 Å². The molecule has 3 aliphatic rings. The first-order chi connectivity index (χ1) is 26.5. The van der Waals surface area contributed by atoms with Crippen LogP contribution in [0.3, 0.4) is 0 Å². The Kier molecular flexibility index (Phi) is 9.97. The van der Waals surface area contributed by atoms with Crippen molar-refractivity contribution in [3.05, 3.63) is 105 Å². The summed E-state index contributed by atoms with van der Waals surface area (Å²) in [7, 11) is -4.28. The fourth-order valence-electron chi connectivity index (χ4n) is 7.55. The van der Waals surface area contributed by atoms with Crippen molar-refractivity contribution in [2.45, 2.75) is 82.2 Å². The van der Waals surface area contributed by atoms with Crippen molar-refractivity contribution >= 4 is 38.7 Å². The van der Waals surface area contributed by atoms with Crippen molar-refractivity contribution in [1.82, 2.24) is 19.3 Å². The lowest BCUT2D eigenvalue weighted by molar-refractivity contribution is -0.188. The number of carbonyl (C=O) groups excluding carboxylic acids is 2. The van der Waals surface area contributed by atoms with Crippen LogP contribution >= 0.6 is 0 Å². The maximum absolute atomic E-state index is 13.9. The van der Waals surface area contributed by atoms with Crippen molar-refractivity contribution < 1.29 is 41.8 Å². The van der Waals surface area contributed by atoms with E-state index in [1.165, 1.54) is 5.06 Å². The Balaban J connectivity index is 1.15. The fourth-order valence-corrected chi connectivity index (χ4v) is 8.64. The molecule has 0 saturated heterocycles. The molecule has 14 nitrogen and oxygen atoms in total. The summed E-state index contributed by atoms with van der Waals surface area (Å²) in [5, 5.41) is 12.8. The number of aliphatic imine (C=N–C) groups is 1. The molecule has 0 fully saturated rings. The molecule has 0 saturated carbocycles. The van der Waals surface area contributed by atoms with Crippen molar-refractivity contribution in [2.75, 3.05) is 19.8 Å². The quantitative estimate of drug-likeness (QED) is 0.0621. The molecule has 0 radical (unpaired) electrons. The van der Waals surface area contributed by atoms with E-state index in [0.717, 1.165) is 46.3 Å². The summed E-state index contributed by atoms with van der Waals surface area (Å²) >= 11 is 0. The Morgan fingerprint density at radius 3 is 2.52 bits per heavy atom. The van der Waals surface area contributed by atoms with E-state index in [0.29, 0.717) is 11.4 Å². The molecule has 2 aromatic carbocycles. The third kappa shape index (κ3) is 6.91. The van der Waals surface area contributed by atoms with Crippen LogP contribution in [0, 0.1) is 5.82 Å². The number of esters is 2. The first-order valence-corrected chi connectivity index (χ1v) is 19.6. The third-order valence-corrected chi connectivity index (χ3v) is 12.0. The molecule has 2 aromatic heterocycles. The van der Waals surface area contributed by atoms with E-state index in [1.54, 1.807) is 17.6 Å². The summed E-state index contributed by atoms with van der Waals surface area (Å²) in [4.78, 5) is 49.9. The number of hydroxylamine groups is 2. The number of benzene rings is 2. The number of hydrogen-bond donors (Lipinski definition) is 2. The van der Waals surface area contributed by atoms with Crippen LogP contribution in [0.2, 0.25) is 0 Å². The summed E-state index contributed by atoms with van der Waals surface area (Å²) in [5.74, 6) is -2.65. The van der Waals surface area contributed by atoms with Crippen molar-refractivity contribution in [2.24, 2.45) is 4.99 Å². The number of aromatic nitrogens is 2. The van der Waals surface area contributed by atoms with Crippen LogP contribution in [-0.2, 0) is 52.6 Å². The number of para-hydroxylation sites is 1. The van der Waals surface area contributed by atoms with Crippen molar-refractivity contribution in [3.63, 3.8) is 0 Å². The van der Waals surface area contributed by atoms with Gasteiger partial charge in [0.25, 0.3) is 15.6 Å². The highest BCUT2D eigenvalue weighted by Gasteiger charge is 2.50. The predicted octanol–water partition coefficient (Wildman–Crippen LogP) is 4.74. The van der Waals surface area contributed by atoms with Crippen LogP contribution in [0.1, 0.15) is 64.2 Å². The topological polar surface area (TPSA) is 179 Å². The Morgan fingerprint density at radius 2 is 1.82 bits per heavy atom. The first kappa shape index (κ1) is 39.0. The molecule has 56 heavy (non-hydrogen) atoms. The first-order valence-electron chi connectivity index (χ1n) is 18.1. The zero-order valence-corrected chi connectivity index (χ0v) is 32.4. The molecule has 4 aromatic rings. The van der Waals surface area contributed by atoms with Gasteiger partial charge in [0.15, 0.2) is 0 Å². The van der Waals surface area contributed by atoms with Crippen LogP contribution in [0.25, 0.3) is 22.3 Å². The third-order valence-electron chi connectivity index (χ3n) is 10.6. The highest BCUT2D eigenvalue weighted by atomic mass is 32.2. The number of pyridine rings is 2. The number of nitrogens with one attached hydrogen (secondary N) is 1. The van der Waals surface area contributed by atoms with Crippen molar-refractivity contribution in [3.8, 4) is 11.4 Å². The Hall–Kier alpha value is -5.29. The largest absolute Gasteiger partial charge is 0.457 e. The smallest absolute Gasteiger partial charge is 0.355 e. The van der Waals surface area contributed by atoms with Gasteiger partial charge in [0.05, 0.1) is 58.2 Å². The minimum Gasteiger partial charge on any atom is -0.457 e. The molecule has 3 aliphatic heterocycles. The number of hydrogen-bond acceptors (Lipinski definition) is 12. The van der Waals surface area contributed by atoms with E-state index >= 15 is 0 Å². The van der Waals surface area contributed by atoms with E-state index in [1.807, 2.05) is 64.1 Å². The molecule has 7 rings (SSSR count). The van der Waals surface area contributed by atoms with Gasteiger partial charge < -0.3 is 24.0 Å². The fraction of sp³-hybridized carbons (Fsp3) is 0.375. The lowest BCUT2D eigenvalue weighted by atomic mass is 9.85. The van der Waals surface area contributed by atoms with E-state index in [9.17, 15) is 32.4 Å². The minimum absolute atomic E-state index is 0.0441. The monoisotopic (exact) mass is 787 g/mol. The second-order valence-corrected chi connectivity index (χ2v) is 16.7. The number of ether oxygens (including phenoxy) is 3. The summed E-state index contributed by atoms with van der Waals surface area (Å²) in [6.07, 6.45) is 1.70. The van der Waals surface area contributed by atoms with E-state index < -0.39 is 56.6 Å². The summed E-state index contributed by atoms with van der Waals surface area (Å²) in [5.41, 5.74) is 0.0154. The minimum atomic E-state index is -4.28. The second kappa shape index (κ2) is 14.3. The maximum atomic E-state index is 13.9. The number of amidine groups is 1. The lowest BCUT2D eigenvalue weighted by Crippen LogP contribution is -2.48. The van der Waals surface area contributed by atoms with Gasteiger partial charge in [-0.3, -0.25) is 14.5 Å². The molecule has 0 unspecified atom stereocenters.